The third kappa shape index (κ3) is 1.27. The van der Waals surface area contributed by atoms with Crippen LogP contribution in [0.5, 0.6) is 0 Å². The van der Waals surface area contributed by atoms with Gasteiger partial charge in [0.15, 0.2) is 5.82 Å². The van der Waals surface area contributed by atoms with Gasteiger partial charge in [-0.15, -0.1) is 0 Å². The molecule has 3 aromatic rings. The Morgan fingerprint density at radius 1 is 0.933 bits per heavy atom. The molecule has 0 N–H and O–H groups in total. The summed E-state index contributed by atoms with van der Waals surface area (Å²) in [6.07, 6.45) is 7.19. The van der Waals surface area contributed by atoms with Crippen molar-refractivity contribution >= 4 is 5.65 Å². The Balaban J connectivity index is 2.28. The Morgan fingerprint density at radius 2 is 1.80 bits per heavy atom. The highest BCUT2D eigenvalue weighted by atomic mass is 15.0. The minimum absolute atomic E-state index is 0.691. The van der Waals surface area contributed by atoms with Gasteiger partial charge in [0.25, 0.3) is 0 Å². The fourth-order valence-electron chi connectivity index (χ4n) is 1.53. The lowest BCUT2D eigenvalue weighted by Gasteiger charge is -1.98. The molecule has 0 spiro atoms. The number of fused-ring (bicyclic) bond motifs is 1. The smallest absolute Gasteiger partial charge is 0.178 e. The standard InChI is InChI=1S/C11H8N4/c1-2-7-15-9(8-14-10(15)4-1)11-12-5-3-6-13-11/h1-8H. The summed E-state index contributed by atoms with van der Waals surface area (Å²) in [7, 11) is 0. The van der Waals surface area contributed by atoms with Crippen LogP contribution in [0.3, 0.4) is 0 Å². The molecule has 4 nitrogen and oxygen atoms in total. The predicted octanol–water partition coefficient (Wildman–Crippen LogP) is 1.79. The fourth-order valence-corrected chi connectivity index (χ4v) is 1.53. The topological polar surface area (TPSA) is 43.1 Å². The van der Waals surface area contributed by atoms with E-state index in [0.717, 1.165) is 11.3 Å². The molecule has 4 heteroatoms. The molecule has 0 aromatic carbocycles. The molecule has 0 saturated heterocycles. The van der Waals surface area contributed by atoms with Crippen LogP contribution in [-0.4, -0.2) is 19.4 Å². The van der Waals surface area contributed by atoms with Gasteiger partial charge in [0.05, 0.1) is 6.20 Å². The van der Waals surface area contributed by atoms with Crippen LogP contribution in [0.4, 0.5) is 0 Å². The molecule has 0 aliphatic carbocycles. The number of rotatable bonds is 1. The van der Waals surface area contributed by atoms with E-state index in [1.165, 1.54) is 0 Å². The van der Waals surface area contributed by atoms with Crippen molar-refractivity contribution in [2.45, 2.75) is 0 Å². The third-order valence-electron chi connectivity index (χ3n) is 2.21. The van der Waals surface area contributed by atoms with Crippen molar-refractivity contribution in [3.05, 3.63) is 49.1 Å². The number of hydrogen-bond donors (Lipinski definition) is 0. The second kappa shape index (κ2) is 3.16. The van der Waals surface area contributed by atoms with E-state index in [2.05, 4.69) is 15.0 Å². The molecule has 0 bridgehead atoms. The summed E-state index contributed by atoms with van der Waals surface area (Å²) in [5.41, 5.74) is 1.81. The molecule has 0 saturated carbocycles. The highest BCUT2D eigenvalue weighted by Crippen LogP contribution is 2.15. The molecule has 0 aliphatic heterocycles. The summed E-state index contributed by atoms with van der Waals surface area (Å²) >= 11 is 0. The van der Waals surface area contributed by atoms with Crippen molar-refractivity contribution < 1.29 is 0 Å². The van der Waals surface area contributed by atoms with Crippen molar-refractivity contribution in [1.82, 2.24) is 19.4 Å². The van der Waals surface area contributed by atoms with Crippen LogP contribution < -0.4 is 0 Å². The number of pyridine rings is 1. The Labute approximate surface area is 86.3 Å². The molecule has 3 rings (SSSR count). The highest BCUT2D eigenvalue weighted by molar-refractivity contribution is 5.56. The van der Waals surface area contributed by atoms with Gasteiger partial charge in [0.1, 0.15) is 11.3 Å². The maximum absolute atomic E-state index is 4.28. The van der Waals surface area contributed by atoms with Crippen molar-refractivity contribution in [3.63, 3.8) is 0 Å². The normalized spacial score (nSPS) is 10.7. The fraction of sp³-hybridized carbons (Fsp3) is 0. The summed E-state index contributed by atoms with van der Waals surface area (Å²) in [4.78, 5) is 12.7. The summed E-state index contributed by atoms with van der Waals surface area (Å²) in [6, 6.07) is 7.66. The first-order valence-corrected chi connectivity index (χ1v) is 4.64. The maximum Gasteiger partial charge on any atom is 0.178 e. The summed E-state index contributed by atoms with van der Waals surface area (Å²) in [6.45, 7) is 0. The average molecular weight is 196 g/mol. The summed E-state index contributed by atoms with van der Waals surface area (Å²) < 4.78 is 1.97. The van der Waals surface area contributed by atoms with Gasteiger partial charge >= 0.3 is 0 Å². The van der Waals surface area contributed by atoms with Gasteiger partial charge in [-0.05, 0) is 18.2 Å². The molecule has 3 aromatic heterocycles. The van der Waals surface area contributed by atoms with Crippen molar-refractivity contribution in [1.29, 1.82) is 0 Å². The molecule has 0 fully saturated rings. The van der Waals surface area contributed by atoms with Crippen molar-refractivity contribution in [2.75, 3.05) is 0 Å². The average Bonchev–Trinajstić information content (AvgIpc) is 2.74. The van der Waals surface area contributed by atoms with Crippen LogP contribution in [0.1, 0.15) is 0 Å². The summed E-state index contributed by atoms with van der Waals surface area (Å²) in [5, 5.41) is 0. The van der Waals surface area contributed by atoms with Gasteiger partial charge in [0.2, 0.25) is 0 Å². The molecule has 0 atom stereocenters. The molecule has 0 amide bonds. The van der Waals surface area contributed by atoms with Gasteiger partial charge < -0.3 is 0 Å². The molecule has 72 valence electrons. The molecular formula is C11H8N4. The highest BCUT2D eigenvalue weighted by Gasteiger charge is 2.06. The lowest BCUT2D eigenvalue weighted by atomic mass is 10.4. The monoisotopic (exact) mass is 196 g/mol. The zero-order valence-electron chi connectivity index (χ0n) is 7.91. The zero-order chi connectivity index (χ0) is 10.1. The number of nitrogens with zero attached hydrogens (tertiary/aromatic N) is 4. The van der Waals surface area contributed by atoms with E-state index in [-0.39, 0.29) is 0 Å². The van der Waals surface area contributed by atoms with Gasteiger partial charge in [0, 0.05) is 18.6 Å². The molecule has 0 radical (unpaired) electrons. The van der Waals surface area contributed by atoms with Gasteiger partial charge in [-0.2, -0.15) is 0 Å². The molecule has 3 heterocycles. The van der Waals surface area contributed by atoms with Crippen molar-refractivity contribution in [3.8, 4) is 11.5 Å². The second-order valence-electron chi connectivity index (χ2n) is 3.14. The van der Waals surface area contributed by atoms with E-state index in [1.54, 1.807) is 24.7 Å². The lowest BCUT2D eigenvalue weighted by Crippen LogP contribution is -1.91. The van der Waals surface area contributed by atoms with E-state index in [1.807, 2.05) is 28.8 Å². The number of hydrogen-bond acceptors (Lipinski definition) is 3. The number of imidazole rings is 1. The van der Waals surface area contributed by atoms with Crippen LogP contribution in [0.2, 0.25) is 0 Å². The third-order valence-corrected chi connectivity index (χ3v) is 2.21. The molecular weight excluding hydrogens is 188 g/mol. The van der Waals surface area contributed by atoms with Gasteiger partial charge in [-0.25, -0.2) is 15.0 Å². The Hall–Kier alpha value is -2.23. The van der Waals surface area contributed by atoms with E-state index in [9.17, 15) is 0 Å². The maximum atomic E-state index is 4.28. The Kier molecular flexibility index (Phi) is 1.71. The van der Waals surface area contributed by atoms with Crippen LogP contribution in [0, 0.1) is 0 Å². The Bertz CT molecular complexity index is 586. The van der Waals surface area contributed by atoms with Crippen LogP contribution in [0.15, 0.2) is 49.1 Å². The second-order valence-corrected chi connectivity index (χ2v) is 3.14. The molecule has 15 heavy (non-hydrogen) atoms. The first kappa shape index (κ1) is 8.11. The van der Waals surface area contributed by atoms with E-state index in [4.69, 9.17) is 0 Å². The van der Waals surface area contributed by atoms with Gasteiger partial charge in [-0.1, -0.05) is 6.07 Å². The van der Waals surface area contributed by atoms with E-state index >= 15 is 0 Å². The molecule has 0 aliphatic rings. The first-order valence-electron chi connectivity index (χ1n) is 4.64. The van der Waals surface area contributed by atoms with E-state index < -0.39 is 0 Å². The minimum atomic E-state index is 0.691. The summed E-state index contributed by atoms with van der Waals surface area (Å²) in [5.74, 6) is 0.691. The quantitative estimate of drug-likeness (QED) is 0.596. The van der Waals surface area contributed by atoms with Gasteiger partial charge in [-0.3, -0.25) is 4.40 Å². The number of aromatic nitrogens is 4. The largest absolute Gasteiger partial charge is 0.297 e. The Morgan fingerprint density at radius 3 is 2.67 bits per heavy atom. The van der Waals surface area contributed by atoms with Crippen LogP contribution in [0.25, 0.3) is 17.2 Å². The SMILES string of the molecule is c1cnc(-c2cnc3ccccn23)nc1. The first-order chi connectivity index (χ1) is 7.45. The van der Waals surface area contributed by atoms with Crippen LogP contribution >= 0.6 is 0 Å². The predicted molar refractivity (Wildman–Crippen MR) is 56.2 cm³/mol. The minimum Gasteiger partial charge on any atom is -0.297 e. The zero-order valence-corrected chi connectivity index (χ0v) is 7.91. The van der Waals surface area contributed by atoms with Crippen molar-refractivity contribution in [2.24, 2.45) is 0 Å². The lowest BCUT2D eigenvalue weighted by molar-refractivity contribution is 1.11. The molecule has 0 unspecified atom stereocenters. The van der Waals surface area contributed by atoms with E-state index in [0.29, 0.717) is 5.82 Å². The van der Waals surface area contributed by atoms with Crippen LogP contribution in [-0.2, 0) is 0 Å².